The Balaban J connectivity index is 2.06. The highest BCUT2D eigenvalue weighted by molar-refractivity contribution is 5.94. The van der Waals surface area contributed by atoms with E-state index in [4.69, 9.17) is 9.84 Å². The van der Waals surface area contributed by atoms with Crippen LogP contribution in [0.3, 0.4) is 0 Å². The van der Waals surface area contributed by atoms with Crippen LogP contribution in [-0.2, 0) is 9.53 Å². The van der Waals surface area contributed by atoms with Gasteiger partial charge >= 0.3 is 11.9 Å². The Morgan fingerprint density at radius 3 is 2.76 bits per heavy atom. The van der Waals surface area contributed by atoms with Crippen molar-refractivity contribution >= 4 is 17.8 Å². The van der Waals surface area contributed by atoms with Crippen molar-refractivity contribution in [3.8, 4) is 0 Å². The van der Waals surface area contributed by atoms with Gasteiger partial charge in [0.15, 0.2) is 0 Å². The lowest BCUT2D eigenvalue weighted by Crippen LogP contribution is -2.36. The van der Waals surface area contributed by atoms with Gasteiger partial charge in [0, 0.05) is 25.7 Å². The summed E-state index contributed by atoms with van der Waals surface area (Å²) in [6.07, 6.45) is 3.46. The summed E-state index contributed by atoms with van der Waals surface area (Å²) in [5, 5.41) is 8.84. The number of rotatable bonds is 5. The van der Waals surface area contributed by atoms with Gasteiger partial charge in [-0.25, -0.2) is 9.78 Å². The normalized spacial score (nSPS) is 15.8. The minimum Gasteiger partial charge on any atom is -0.481 e. The van der Waals surface area contributed by atoms with E-state index in [1.54, 1.807) is 25.3 Å². The number of aliphatic carboxylic acids is 1. The van der Waals surface area contributed by atoms with Crippen LogP contribution in [0.15, 0.2) is 18.3 Å². The van der Waals surface area contributed by atoms with E-state index in [1.165, 1.54) is 0 Å². The molecule has 0 saturated carbocycles. The molecule has 1 aliphatic rings. The number of piperidine rings is 1. The molecule has 0 aliphatic carbocycles. The molecule has 6 heteroatoms. The number of esters is 1. The lowest BCUT2D eigenvalue weighted by atomic mass is 9.93. The summed E-state index contributed by atoms with van der Waals surface area (Å²) in [6, 6.07) is 3.43. The van der Waals surface area contributed by atoms with E-state index in [1.807, 2.05) is 4.90 Å². The third-order valence-corrected chi connectivity index (χ3v) is 3.66. The van der Waals surface area contributed by atoms with Gasteiger partial charge in [0.2, 0.25) is 0 Å². The Bertz CT molecular complexity index is 510. The van der Waals surface area contributed by atoms with E-state index in [9.17, 15) is 9.59 Å². The van der Waals surface area contributed by atoms with Crippen LogP contribution in [0.25, 0.3) is 0 Å². The average molecular weight is 292 g/mol. The summed E-state index contributed by atoms with van der Waals surface area (Å²) in [4.78, 5) is 29.0. The molecule has 21 heavy (non-hydrogen) atoms. The zero-order valence-electron chi connectivity index (χ0n) is 12.1. The number of aromatic nitrogens is 1. The molecule has 1 fully saturated rings. The average Bonchev–Trinajstić information content (AvgIpc) is 2.48. The van der Waals surface area contributed by atoms with Crippen molar-refractivity contribution in [2.45, 2.75) is 26.2 Å². The predicted molar refractivity (Wildman–Crippen MR) is 77.4 cm³/mol. The van der Waals surface area contributed by atoms with Crippen LogP contribution in [0.5, 0.6) is 0 Å². The summed E-state index contributed by atoms with van der Waals surface area (Å²) in [5.74, 6) is -0.287. The fraction of sp³-hybridized carbons (Fsp3) is 0.533. The van der Waals surface area contributed by atoms with Crippen LogP contribution in [-0.4, -0.2) is 41.7 Å². The molecule has 1 N–H and O–H groups in total. The predicted octanol–water partition coefficient (Wildman–Crippen LogP) is 1.95. The molecule has 0 radical (unpaired) electrons. The van der Waals surface area contributed by atoms with Crippen molar-refractivity contribution in [3.05, 3.63) is 23.9 Å². The summed E-state index contributed by atoms with van der Waals surface area (Å²) < 4.78 is 5.05. The van der Waals surface area contributed by atoms with Gasteiger partial charge in [-0.2, -0.15) is 0 Å². The van der Waals surface area contributed by atoms with Crippen molar-refractivity contribution in [1.82, 2.24) is 4.98 Å². The van der Waals surface area contributed by atoms with E-state index in [0.29, 0.717) is 31.1 Å². The first-order valence-electron chi connectivity index (χ1n) is 7.20. The van der Waals surface area contributed by atoms with Crippen molar-refractivity contribution in [2.24, 2.45) is 5.92 Å². The highest BCUT2D eigenvalue weighted by atomic mass is 16.5. The van der Waals surface area contributed by atoms with E-state index in [2.05, 4.69) is 4.98 Å². The molecular formula is C15H20N2O4. The second kappa shape index (κ2) is 7.06. The number of nitrogens with zero attached hydrogens (tertiary/aromatic N) is 2. The molecule has 0 spiro atoms. The van der Waals surface area contributed by atoms with Crippen molar-refractivity contribution in [3.63, 3.8) is 0 Å². The molecule has 2 rings (SSSR count). The van der Waals surface area contributed by atoms with Gasteiger partial charge < -0.3 is 14.7 Å². The molecule has 1 aliphatic heterocycles. The van der Waals surface area contributed by atoms with Gasteiger partial charge in [-0.3, -0.25) is 4.79 Å². The Kier molecular flexibility index (Phi) is 5.14. The van der Waals surface area contributed by atoms with Crippen molar-refractivity contribution < 1.29 is 19.4 Å². The number of carbonyl (C=O) groups excluding carboxylic acids is 1. The first kappa shape index (κ1) is 15.3. The number of carboxylic acid groups (broad SMARTS) is 1. The largest absolute Gasteiger partial charge is 0.481 e. The quantitative estimate of drug-likeness (QED) is 0.836. The zero-order chi connectivity index (χ0) is 15.2. The number of anilines is 1. The van der Waals surface area contributed by atoms with Crippen LogP contribution >= 0.6 is 0 Å². The smallest absolute Gasteiger partial charge is 0.341 e. The molecule has 1 aromatic rings. The first-order chi connectivity index (χ1) is 10.1. The SMILES string of the molecule is CCOC(=O)c1cccnc1N1CCC(CC(=O)O)CC1. The first-order valence-corrected chi connectivity index (χ1v) is 7.20. The number of hydrogen-bond donors (Lipinski definition) is 1. The van der Waals surface area contributed by atoms with Crippen molar-refractivity contribution in [2.75, 3.05) is 24.6 Å². The molecule has 1 aromatic heterocycles. The number of pyridine rings is 1. The van der Waals surface area contributed by atoms with Crippen LogP contribution in [0.2, 0.25) is 0 Å². The third-order valence-electron chi connectivity index (χ3n) is 3.66. The highest BCUT2D eigenvalue weighted by Gasteiger charge is 2.25. The monoisotopic (exact) mass is 292 g/mol. The van der Waals surface area contributed by atoms with Gasteiger partial charge in [-0.15, -0.1) is 0 Å². The van der Waals surface area contributed by atoms with Crippen LogP contribution in [0, 0.1) is 5.92 Å². The Morgan fingerprint density at radius 1 is 1.43 bits per heavy atom. The number of ether oxygens (including phenoxy) is 1. The maximum atomic E-state index is 12.0. The van der Waals surface area contributed by atoms with Crippen LogP contribution < -0.4 is 4.90 Å². The minimum absolute atomic E-state index is 0.202. The van der Waals surface area contributed by atoms with Gasteiger partial charge in [0.05, 0.1) is 6.61 Å². The third kappa shape index (κ3) is 3.93. The summed E-state index contributed by atoms with van der Waals surface area (Å²) in [7, 11) is 0. The van der Waals surface area contributed by atoms with E-state index in [0.717, 1.165) is 12.8 Å². The second-order valence-electron chi connectivity index (χ2n) is 5.12. The fourth-order valence-electron chi connectivity index (χ4n) is 2.61. The Labute approximate surface area is 123 Å². The molecule has 0 unspecified atom stereocenters. The zero-order valence-corrected chi connectivity index (χ0v) is 12.1. The molecule has 0 bridgehead atoms. The number of carbonyl (C=O) groups is 2. The maximum Gasteiger partial charge on any atom is 0.341 e. The van der Waals surface area contributed by atoms with Crippen LogP contribution in [0.1, 0.15) is 36.5 Å². The minimum atomic E-state index is -0.751. The molecule has 0 atom stereocenters. The summed E-state index contributed by atoms with van der Waals surface area (Å²) >= 11 is 0. The second-order valence-corrected chi connectivity index (χ2v) is 5.12. The molecule has 2 heterocycles. The lowest BCUT2D eigenvalue weighted by Gasteiger charge is -2.32. The van der Waals surface area contributed by atoms with Crippen molar-refractivity contribution in [1.29, 1.82) is 0 Å². The van der Waals surface area contributed by atoms with E-state index < -0.39 is 5.97 Å². The maximum absolute atomic E-state index is 12.0. The standard InChI is InChI=1S/C15H20N2O4/c1-2-21-15(20)12-4-3-7-16-14(12)17-8-5-11(6-9-17)10-13(18)19/h3-4,7,11H,2,5-6,8-10H2,1H3,(H,18,19). The highest BCUT2D eigenvalue weighted by Crippen LogP contribution is 2.26. The van der Waals surface area contributed by atoms with Gasteiger partial charge in [0.25, 0.3) is 0 Å². The van der Waals surface area contributed by atoms with Gasteiger partial charge in [0.1, 0.15) is 11.4 Å². The Hall–Kier alpha value is -2.11. The van der Waals surface area contributed by atoms with Crippen LogP contribution in [0.4, 0.5) is 5.82 Å². The topological polar surface area (TPSA) is 79.7 Å². The number of carboxylic acids is 1. The molecule has 0 aromatic carbocycles. The van der Waals surface area contributed by atoms with E-state index >= 15 is 0 Å². The number of hydrogen-bond acceptors (Lipinski definition) is 5. The molecule has 0 amide bonds. The lowest BCUT2D eigenvalue weighted by molar-refractivity contribution is -0.138. The molecule has 1 saturated heterocycles. The molecular weight excluding hydrogens is 272 g/mol. The molecule has 114 valence electrons. The van der Waals surface area contributed by atoms with Gasteiger partial charge in [-0.1, -0.05) is 0 Å². The Morgan fingerprint density at radius 2 is 2.14 bits per heavy atom. The van der Waals surface area contributed by atoms with Gasteiger partial charge in [-0.05, 0) is 37.8 Å². The summed E-state index contributed by atoms with van der Waals surface area (Å²) in [5.41, 5.74) is 0.469. The summed E-state index contributed by atoms with van der Waals surface area (Å²) in [6.45, 7) is 3.52. The fourth-order valence-corrected chi connectivity index (χ4v) is 2.61. The molecule has 6 nitrogen and oxygen atoms in total. The van der Waals surface area contributed by atoms with E-state index in [-0.39, 0.29) is 18.3 Å².